The standard InChI is InChI=1S/C8H6F6O4/c1-5(2-3-15)4(16)17-6(18-5,7(9,10)11)8(12,13)14/h3H,2H2,1H3/t5-/m1/s1. The van der Waals surface area contributed by atoms with Crippen LogP contribution in [-0.4, -0.2) is 36.0 Å². The van der Waals surface area contributed by atoms with E-state index in [-0.39, 0.29) is 6.29 Å². The maximum absolute atomic E-state index is 12.5. The van der Waals surface area contributed by atoms with E-state index in [9.17, 15) is 35.9 Å². The predicted octanol–water partition coefficient (Wildman–Crippen LogP) is 1.73. The number of esters is 1. The van der Waals surface area contributed by atoms with Crippen LogP contribution in [-0.2, 0) is 19.1 Å². The smallest absolute Gasteiger partial charge is 0.414 e. The van der Waals surface area contributed by atoms with Crippen molar-refractivity contribution in [1.29, 1.82) is 0 Å². The van der Waals surface area contributed by atoms with Gasteiger partial charge in [0.05, 0.1) is 0 Å². The Hall–Kier alpha value is -1.32. The van der Waals surface area contributed by atoms with E-state index in [1.54, 1.807) is 0 Å². The fourth-order valence-electron chi connectivity index (χ4n) is 1.29. The van der Waals surface area contributed by atoms with Crippen LogP contribution in [0.4, 0.5) is 26.3 Å². The van der Waals surface area contributed by atoms with E-state index in [2.05, 4.69) is 9.47 Å². The van der Waals surface area contributed by atoms with Gasteiger partial charge >= 0.3 is 24.1 Å². The fourth-order valence-corrected chi connectivity index (χ4v) is 1.29. The SMILES string of the molecule is C[C@]1(CC=O)OC(C(F)(F)F)(C(F)(F)F)OC1=O. The van der Waals surface area contributed by atoms with Crippen LogP contribution in [0.5, 0.6) is 0 Å². The normalized spacial score (nSPS) is 28.1. The highest BCUT2D eigenvalue weighted by molar-refractivity contribution is 5.84. The summed E-state index contributed by atoms with van der Waals surface area (Å²) in [6.07, 6.45) is -13.0. The summed E-state index contributed by atoms with van der Waals surface area (Å²) in [5, 5.41) is 0. The molecule has 1 heterocycles. The second-order valence-electron chi connectivity index (χ2n) is 3.71. The third-order valence-electron chi connectivity index (χ3n) is 2.26. The number of aldehydes is 1. The van der Waals surface area contributed by atoms with Crippen molar-refractivity contribution in [3.05, 3.63) is 0 Å². The Morgan fingerprint density at radius 1 is 1.17 bits per heavy atom. The van der Waals surface area contributed by atoms with E-state index in [0.717, 1.165) is 0 Å². The average molecular weight is 280 g/mol. The van der Waals surface area contributed by atoms with Gasteiger partial charge in [0.15, 0.2) is 5.60 Å². The molecule has 0 aliphatic carbocycles. The zero-order chi connectivity index (χ0) is 14.4. The van der Waals surface area contributed by atoms with Gasteiger partial charge in [0.25, 0.3) is 0 Å². The summed E-state index contributed by atoms with van der Waals surface area (Å²) in [5.41, 5.74) is -2.62. The molecule has 0 aromatic heterocycles. The predicted molar refractivity (Wildman–Crippen MR) is 41.1 cm³/mol. The highest BCUT2D eigenvalue weighted by Crippen LogP contribution is 2.53. The Morgan fingerprint density at radius 3 is 1.89 bits per heavy atom. The average Bonchev–Trinajstić information content (AvgIpc) is 2.39. The third kappa shape index (κ3) is 1.93. The number of ether oxygens (including phenoxy) is 2. The minimum atomic E-state index is -6.01. The first-order valence-electron chi connectivity index (χ1n) is 4.40. The number of hydrogen-bond acceptors (Lipinski definition) is 4. The van der Waals surface area contributed by atoms with Crippen LogP contribution in [0.3, 0.4) is 0 Å². The summed E-state index contributed by atoms with van der Waals surface area (Å²) < 4.78 is 81.9. The Bertz CT molecular complexity index is 359. The molecule has 10 heteroatoms. The van der Waals surface area contributed by atoms with E-state index < -0.39 is 36.1 Å². The molecule has 0 aromatic rings. The van der Waals surface area contributed by atoms with Gasteiger partial charge in [-0.05, 0) is 6.92 Å². The number of carbonyl (C=O) groups is 2. The number of carbonyl (C=O) groups excluding carboxylic acids is 2. The molecule has 0 unspecified atom stereocenters. The van der Waals surface area contributed by atoms with E-state index in [0.29, 0.717) is 6.92 Å². The summed E-state index contributed by atoms with van der Waals surface area (Å²) in [5.74, 6) is -6.93. The molecule has 1 aliphatic rings. The molecule has 1 fully saturated rings. The zero-order valence-corrected chi connectivity index (χ0v) is 8.69. The number of alkyl halides is 6. The Kier molecular flexibility index (Phi) is 3.14. The molecule has 18 heavy (non-hydrogen) atoms. The molecular formula is C8H6F6O4. The molecule has 0 N–H and O–H groups in total. The molecule has 1 saturated heterocycles. The van der Waals surface area contributed by atoms with Gasteiger partial charge in [0.1, 0.15) is 6.29 Å². The molecule has 1 rings (SSSR count). The number of cyclic esters (lactones) is 1. The van der Waals surface area contributed by atoms with Crippen LogP contribution in [0.2, 0.25) is 0 Å². The number of halogens is 6. The van der Waals surface area contributed by atoms with Crippen molar-refractivity contribution in [1.82, 2.24) is 0 Å². The largest absolute Gasteiger partial charge is 0.465 e. The van der Waals surface area contributed by atoms with Gasteiger partial charge in [0, 0.05) is 6.42 Å². The van der Waals surface area contributed by atoms with Gasteiger partial charge < -0.3 is 14.3 Å². The molecule has 104 valence electrons. The summed E-state index contributed by atoms with van der Waals surface area (Å²) in [4.78, 5) is 21.3. The van der Waals surface area contributed by atoms with Crippen LogP contribution >= 0.6 is 0 Å². The lowest BCUT2D eigenvalue weighted by Crippen LogP contribution is -2.58. The first kappa shape index (κ1) is 14.7. The minimum absolute atomic E-state index is 0.0376. The summed E-state index contributed by atoms with van der Waals surface area (Å²) in [6.45, 7) is 0.614. The molecule has 4 nitrogen and oxygen atoms in total. The van der Waals surface area contributed by atoms with E-state index in [1.807, 2.05) is 0 Å². The summed E-state index contributed by atoms with van der Waals surface area (Å²) in [7, 11) is 0. The van der Waals surface area contributed by atoms with Crippen LogP contribution < -0.4 is 0 Å². The Morgan fingerprint density at radius 2 is 1.61 bits per heavy atom. The maximum Gasteiger partial charge on any atom is 0.465 e. The van der Waals surface area contributed by atoms with Crippen LogP contribution in [0.1, 0.15) is 13.3 Å². The topological polar surface area (TPSA) is 52.6 Å². The van der Waals surface area contributed by atoms with Crippen molar-refractivity contribution < 1.29 is 45.4 Å². The van der Waals surface area contributed by atoms with E-state index >= 15 is 0 Å². The molecule has 0 amide bonds. The molecule has 0 saturated carbocycles. The molecule has 1 aliphatic heterocycles. The second-order valence-corrected chi connectivity index (χ2v) is 3.71. The lowest BCUT2D eigenvalue weighted by atomic mass is 10.0. The van der Waals surface area contributed by atoms with Gasteiger partial charge in [-0.3, -0.25) is 0 Å². The van der Waals surface area contributed by atoms with Crippen molar-refractivity contribution in [2.24, 2.45) is 0 Å². The van der Waals surface area contributed by atoms with Crippen LogP contribution in [0, 0.1) is 0 Å². The van der Waals surface area contributed by atoms with Crippen molar-refractivity contribution in [2.45, 2.75) is 37.1 Å². The van der Waals surface area contributed by atoms with Gasteiger partial charge in [-0.2, -0.15) is 26.3 Å². The van der Waals surface area contributed by atoms with Crippen molar-refractivity contribution >= 4 is 12.3 Å². The van der Waals surface area contributed by atoms with Gasteiger partial charge in [0.2, 0.25) is 0 Å². The fraction of sp³-hybridized carbons (Fsp3) is 0.750. The lowest BCUT2D eigenvalue weighted by Gasteiger charge is -2.31. The summed E-state index contributed by atoms with van der Waals surface area (Å²) >= 11 is 0. The highest BCUT2D eigenvalue weighted by Gasteiger charge is 2.82. The van der Waals surface area contributed by atoms with Crippen molar-refractivity contribution in [3.63, 3.8) is 0 Å². The quantitative estimate of drug-likeness (QED) is 0.439. The third-order valence-corrected chi connectivity index (χ3v) is 2.26. The minimum Gasteiger partial charge on any atom is -0.414 e. The van der Waals surface area contributed by atoms with Crippen LogP contribution in [0.15, 0.2) is 0 Å². The molecule has 0 bridgehead atoms. The first-order valence-corrected chi connectivity index (χ1v) is 4.40. The van der Waals surface area contributed by atoms with Gasteiger partial charge in [-0.25, -0.2) is 4.79 Å². The van der Waals surface area contributed by atoms with Crippen LogP contribution in [0.25, 0.3) is 0 Å². The molecule has 0 radical (unpaired) electrons. The molecular weight excluding hydrogens is 274 g/mol. The first-order chi connectivity index (χ1) is 7.90. The second kappa shape index (κ2) is 3.84. The Labute approximate surface area is 95.8 Å². The van der Waals surface area contributed by atoms with Crippen molar-refractivity contribution in [2.75, 3.05) is 0 Å². The zero-order valence-electron chi connectivity index (χ0n) is 8.69. The lowest BCUT2D eigenvalue weighted by molar-refractivity contribution is -0.444. The summed E-state index contributed by atoms with van der Waals surface area (Å²) in [6, 6.07) is 0. The maximum atomic E-state index is 12.5. The van der Waals surface area contributed by atoms with Gasteiger partial charge in [-0.1, -0.05) is 0 Å². The van der Waals surface area contributed by atoms with E-state index in [1.165, 1.54) is 0 Å². The highest BCUT2D eigenvalue weighted by atomic mass is 19.4. The van der Waals surface area contributed by atoms with E-state index in [4.69, 9.17) is 0 Å². The van der Waals surface area contributed by atoms with Crippen molar-refractivity contribution in [3.8, 4) is 0 Å². The Balaban J connectivity index is 3.28. The molecule has 0 aromatic carbocycles. The number of rotatable bonds is 2. The monoisotopic (exact) mass is 280 g/mol. The molecule has 0 spiro atoms. The van der Waals surface area contributed by atoms with Gasteiger partial charge in [-0.15, -0.1) is 0 Å². The molecule has 1 atom stereocenters. The number of hydrogen-bond donors (Lipinski definition) is 0.